The van der Waals surface area contributed by atoms with Gasteiger partial charge in [-0.3, -0.25) is 24.0 Å². The normalized spacial score (nSPS) is 18.1. The lowest BCUT2D eigenvalue weighted by molar-refractivity contribution is -0.138. The van der Waals surface area contributed by atoms with Gasteiger partial charge in [0.15, 0.2) is 11.3 Å². The summed E-state index contributed by atoms with van der Waals surface area (Å²) in [6, 6.07) is 3.87. The Morgan fingerprint density at radius 2 is 1.75 bits per heavy atom. The number of hydrogen-bond acceptors (Lipinski definition) is 6. The van der Waals surface area contributed by atoms with E-state index in [4.69, 9.17) is 0 Å². The molecule has 0 bridgehead atoms. The zero-order chi connectivity index (χ0) is 28.2. The van der Waals surface area contributed by atoms with Gasteiger partial charge < -0.3 is 0 Å². The fourth-order valence-corrected chi connectivity index (χ4v) is 5.84. The number of rotatable bonds is 4. The fraction of sp³-hybridized carbons (Fsp3) is 0.357. The molecule has 1 fully saturated rings. The van der Waals surface area contributed by atoms with E-state index in [9.17, 15) is 22.4 Å². The van der Waals surface area contributed by atoms with Crippen LogP contribution in [-0.2, 0) is 19.8 Å². The van der Waals surface area contributed by atoms with Crippen LogP contribution in [0, 0.1) is 12.7 Å². The van der Waals surface area contributed by atoms with Gasteiger partial charge in [-0.2, -0.15) is 18.3 Å². The van der Waals surface area contributed by atoms with Crippen molar-refractivity contribution >= 4 is 22.2 Å². The topological polar surface area (TPSA) is 91.4 Å². The standard InChI is InChI=1S/C28H25F4N7O/c1-15-11-34-22-10-18(27(40)39(26(22)37-15)14-23-20(28(30,31)32)4-3-9-33-23)16-5-7-17(8-6-16)24-19-12-36-38(2)25(19)35-13-21(24)29/h3-4,9-13,16-17H,5-8,14H2,1-2H3/t16-,17-. The molecule has 5 heterocycles. The Hall–Kier alpha value is -4.22. The first kappa shape index (κ1) is 26.0. The third kappa shape index (κ3) is 4.50. The van der Waals surface area contributed by atoms with Crippen LogP contribution in [0.5, 0.6) is 0 Å². The van der Waals surface area contributed by atoms with Crippen molar-refractivity contribution < 1.29 is 17.6 Å². The molecule has 8 nitrogen and oxygen atoms in total. The molecule has 5 aromatic rings. The molecule has 12 heteroatoms. The summed E-state index contributed by atoms with van der Waals surface area (Å²) in [5, 5.41) is 4.90. The van der Waals surface area contributed by atoms with Gasteiger partial charge in [0.1, 0.15) is 11.3 Å². The third-order valence-corrected chi connectivity index (χ3v) is 7.78. The van der Waals surface area contributed by atoms with Crippen molar-refractivity contribution in [1.29, 1.82) is 0 Å². The van der Waals surface area contributed by atoms with Gasteiger partial charge in [-0.15, -0.1) is 0 Å². The molecular weight excluding hydrogens is 526 g/mol. The Morgan fingerprint density at radius 1 is 1.00 bits per heavy atom. The van der Waals surface area contributed by atoms with Gasteiger partial charge in [0.25, 0.3) is 5.56 Å². The van der Waals surface area contributed by atoms with Crippen molar-refractivity contribution in [3.63, 3.8) is 0 Å². The first-order valence-corrected chi connectivity index (χ1v) is 13.0. The number of nitrogens with zero attached hydrogens (tertiary/aromatic N) is 7. The van der Waals surface area contributed by atoms with Gasteiger partial charge in [-0.25, -0.2) is 14.4 Å². The number of aromatic nitrogens is 7. The second kappa shape index (κ2) is 9.76. The monoisotopic (exact) mass is 551 g/mol. The summed E-state index contributed by atoms with van der Waals surface area (Å²) in [5.74, 6) is -0.611. The van der Waals surface area contributed by atoms with Gasteiger partial charge in [-0.1, -0.05) is 0 Å². The predicted octanol–water partition coefficient (Wildman–Crippen LogP) is 5.42. The molecule has 0 radical (unpaired) electrons. The summed E-state index contributed by atoms with van der Waals surface area (Å²) < 4.78 is 58.9. The molecule has 0 aliphatic heterocycles. The Labute approximate surface area is 225 Å². The predicted molar refractivity (Wildman–Crippen MR) is 139 cm³/mol. The van der Waals surface area contributed by atoms with Crippen molar-refractivity contribution in [2.75, 3.05) is 0 Å². The maximum Gasteiger partial charge on any atom is 0.418 e. The Bertz CT molecular complexity index is 1800. The van der Waals surface area contributed by atoms with Crippen LogP contribution in [-0.4, -0.2) is 34.3 Å². The van der Waals surface area contributed by atoms with Crippen molar-refractivity contribution in [2.24, 2.45) is 7.05 Å². The summed E-state index contributed by atoms with van der Waals surface area (Å²) >= 11 is 0. The molecule has 0 atom stereocenters. The van der Waals surface area contributed by atoms with E-state index in [-0.39, 0.29) is 29.0 Å². The summed E-state index contributed by atoms with van der Waals surface area (Å²) in [7, 11) is 1.76. The van der Waals surface area contributed by atoms with E-state index >= 15 is 0 Å². The number of pyridine rings is 3. The van der Waals surface area contributed by atoms with Crippen LogP contribution in [0.3, 0.4) is 0 Å². The summed E-state index contributed by atoms with van der Waals surface area (Å²) in [6.45, 7) is 1.31. The summed E-state index contributed by atoms with van der Waals surface area (Å²) in [5.41, 5.74) is 1.24. The van der Waals surface area contributed by atoms with Crippen molar-refractivity contribution in [1.82, 2.24) is 34.3 Å². The van der Waals surface area contributed by atoms with Crippen molar-refractivity contribution in [3.8, 4) is 0 Å². The van der Waals surface area contributed by atoms with Crippen LogP contribution < -0.4 is 5.56 Å². The Morgan fingerprint density at radius 3 is 2.50 bits per heavy atom. The largest absolute Gasteiger partial charge is 0.418 e. The molecule has 0 N–H and O–H groups in total. The van der Waals surface area contributed by atoms with E-state index in [1.54, 1.807) is 37.1 Å². The molecule has 40 heavy (non-hydrogen) atoms. The molecule has 1 aliphatic carbocycles. The SMILES string of the molecule is Cc1cnc2cc([C@H]3CC[C@H](c4c(F)cnc5c4cnn5C)CC3)c(=O)n(Cc3ncccc3C(F)(F)F)c2n1. The number of alkyl halides is 3. The van der Waals surface area contributed by atoms with Crippen LogP contribution in [0.2, 0.25) is 0 Å². The highest BCUT2D eigenvalue weighted by Gasteiger charge is 2.35. The maximum atomic E-state index is 14.9. The van der Waals surface area contributed by atoms with E-state index in [1.165, 1.54) is 23.0 Å². The van der Waals surface area contributed by atoms with E-state index in [2.05, 4.69) is 25.0 Å². The van der Waals surface area contributed by atoms with E-state index in [0.717, 1.165) is 6.07 Å². The van der Waals surface area contributed by atoms with E-state index < -0.39 is 23.8 Å². The first-order chi connectivity index (χ1) is 19.1. The quantitative estimate of drug-likeness (QED) is 0.277. The van der Waals surface area contributed by atoms with Gasteiger partial charge in [0.05, 0.1) is 35.9 Å². The van der Waals surface area contributed by atoms with Crippen molar-refractivity contribution in [3.05, 3.63) is 87.2 Å². The molecule has 6 rings (SSSR count). The van der Waals surface area contributed by atoms with Gasteiger partial charge in [0, 0.05) is 36.0 Å². The second-order valence-electron chi connectivity index (χ2n) is 10.3. The minimum Gasteiger partial charge on any atom is -0.285 e. The van der Waals surface area contributed by atoms with Crippen LogP contribution in [0.15, 0.2) is 47.8 Å². The first-order valence-electron chi connectivity index (χ1n) is 13.0. The highest BCUT2D eigenvalue weighted by atomic mass is 19.4. The lowest BCUT2D eigenvalue weighted by Gasteiger charge is -2.29. The zero-order valence-electron chi connectivity index (χ0n) is 21.8. The Balaban J connectivity index is 1.37. The fourth-order valence-electron chi connectivity index (χ4n) is 5.84. The van der Waals surface area contributed by atoms with Crippen LogP contribution in [0.4, 0.5) is 17.6 Å². The number of aryl methyl sites for hydroxylation is 2. The smallest absolute Gasteiger partial charge is 0.285 e. The van der Waals surface area contributed by atoms with Crippen LogP contribution >= 0.6 is 0 Å². The average molecular weight is 552 g/mol. The highest BCUT2D eigenvalue weighted by molar-refractivity contribution is 5.79. The molecular formula is C28H25F4N7O. The molecule has 5 aromatic heterocycles. The molecule has 0 saturated heterocycles. The van der Waals surface area contributed by atoms with Crippen LogP contribution in [0.1, 0.15) is 65.6 Å². The molecule has 1 aliphatic rings. The number of fused-ring (bicyclic) bond motifs is 2. The van der Waals surface area contributed by atoms with Gasteiger partial charge >= 0.3 is 6.18 Å². The average Bonchev–Trinajstić information content (AvgIpc) is 3.30. The van der Waals surface area contributed by atoms with Crippen LogP contribution in [0.25, 0.3) is 22.2 Å². The second-order valence-corrected chi connectivity index (χ2v) is 10.3. The highest BCUT2D eigenvalue weighted by Crippen LogP contribution is 2.42. The van der Waals surface area contributed by atoms with Crippen molar-refractivity contribution in [2.45, 2.75) is 57.2 Å². The molecule has 1 saturated carbocycles. The third-order valence-electron chi connectivity index (χ3n) is 7.78. The minimum atomic E-state index is -4.62. The molecule has 0 aromatic carbocycles. The van der Waals surface area contributed by atoms with Gasteiger partial charge in [-0.05, 0) is 62.6 Å². The van der Waals surface area contributed by atoms with E-state index in [1.807, 2.05) is 0 Å². The molecule has 206 valence electrons. The number of hydrogen-bond donors (Lipinski definition) is 0. The number of halogens is 4. The Kier molecular flexibility index (Phi) is 6.35. The molecule has 0 amide bonds. The summed E-state index contributed by atoms with van der Waals surface area (Å²) in [6.07, 6.45) is 3.53. The van der Waals surface area contributed by atoms with Gasteiger partial charge in [0.2, 0.25) is 0 Å². The van der Waals surface area contributed by atoms with E-state index in [0.29, 0.717) is 59.1 Å². The zero-order valence-corrected chi connectivity index (χ0v) is 21.8. The maximum absolute atomic E-state index is 14.9. The molecule has 0 unspecified atom stereocenters. The minimum absolute atomic E-state index is 0.0704. The summed E-state index contributed by atoms with van der Waals surface area (Å²) in [4.78, 5) is 30.8. The lowest BCUT2D eigenvalue weighted by atomic mass is 9.76. The molecule has 0 spiro atoms. The lowest BCUT2D eigenvalue weighted by Crippen LogP contribution is -2.29.